The molecular weight excluding hydrogens is 637 g/mol. The third-order valence-electron chi connectivity index (χ3n) is 11.2. The van der Waals surface area contributed by atoms with Crippen LogP contribution in [0.1, 0.15) is 17.7 Å². The summed E-state index contributed by atoms with van der Waals surface area (Å²) in [6.07, 6.45) is 6.67. The molecular formula is C48H30N2O2. The van der Waals surface area contributed by atoms with Gasteiger partial charge in [0.25, 0.3) is 0 Å². The van der Waals surface area contributed by atoms with Gasteiger partial charge in [-0.15, -0.1) is 0 Å². The van der Waals surface area contributed by atoms with Gasteiger partial charge in [0.05, 0.1) is 16.6 Å². The van der Waals surface area contributed by atoms with Crippen LogP contribution in [0.2, 0.25) is 0 Å². The van der Waals surface area contributed by atoms with Crippen LogP contribution in [0.25, 0.3) is 105 Å². The highest BCUT2D eigenvalue weighted by Gasteiger charge is 2.20. The molecule has 0 aliphatic heterocycles. The Bertz CT molecular complexity index is 3250. The lowest BCUT2D eigenvalue weighted by Crippen LogP contribution is -2.02. The summed E-state index contributed by atoms with van der Waals surface area (Å²) in [5, 5.41) is 8.26. The Labute approximate surface area is 298 Å². The summed E-state index contributed by atoms with van der Waals surface area (Å²) in [5.41, 5.74) is 14.5. The van der Waals surface area contributed by atoms with Gasteiger partial charge in [0.15, 0.2) is 0 Å². The summed E-state index contributed by atoms with van der Waals surface area (Å²) in [4.78, 5) is 0. The molecule has 11 aromatic rings. The molecule has 4 heterocycles. The first-order valence-electron chi connectivity index (χ1n) is 18.0. The Hall–Kier alpha value is -6.78. The number of fused-ring (bicyclic) bond motifs is 12. The SMILES string of the molecule is C1=Cc2c(n(-c3ccc4oc5ccc(-c6ccc7oc8ccc(-n9c%10ccccc%10c%10ccccc%109)cc8c7c6)cc5c4c3)c3ccccc23)CC1. The molecule has 1 aliphatic carbocycles. The van der Waals surface area contributed by atoms with E-state index in [1.54, 1.807) is 0 Å². The summed E-state index contributed by atoms with van der Waals surface area (Å²) in [7, 11) is 0. The van der Waals surface area contributed by atoms with E-state index in [0.29, 0.717) is 0 Å². The van der Waals surface area contributed by atoms with Gasteiger partial charge in [-0.05, 0) is 103 Å². The van der Waals surface area contributed by atoms with Crippen molar-refractivity contribution in [2.24, 2.45) is 0 Å². The molecule has 7 aromatic carbocycles. The van der Waals surface area contributed by atoms with Crippen molar-refractivity contribution in [2.75, 3.05) is 0 Å². The van der Waals surface area contributed by atoms with Gasteiger partial charge < -0.3 is 18.0 Å². The van der Waals surface area contributed by atoms with E-state index in [1.807, 2.05) is 0 Å². The zero-order chi connectivity index (χ0) is 33.9. The molecule has 0 bridgehead atoms. The minimum Gasteiger partial charge on any atom is -0.456 e. The van der Waals surface area contributed by atoms with Crippen molar-refractivity contribution in [3.63, 3.8) is 0 Å². The van der Waals surface area contributed by atoms with E-state index in [0.717, 1.165) is 73.5 Å². The number of furan rings is 2. The second kappa shape index (κ2) is 10.4. The maximum Gasteiger partial charge on any atom is 0.135 e. The molecule has 0 N–H and O–H groups in total. The quantitative estimate of drug-likeness (QED) is 0.188. The standard InChI is InChI=1S/C48H30N2O2/c1-5-13-41-33(9-1)34-10-2-6-14-42(34)49(41)31-19-23-47-39(27-31)37-25-29(17-21-45(37)51-47)30-18-22-46-38(26-30)40-28-32(20-24-48(40)52-46)50-43-15-7-3-11-35(43)36-12-4-8-16-44(36)50/h1-7,9-15,17-28H,8,16H2. The van der Waals surface area contributed by atoms with Gasteiger partial charge in [0.1, 0.15) is 22.3 Å². The number of hydrogen-bond donors (Lipinski definition) is 0. The lowest BCUT2D eigenvalue weighted by atomic mass is 10.0. The maximum atomic E-state index is 6.40. The highest BCUT2D eigenvalue weighted by Crippen LogP contribution is 2.40. The molecule has 0 spiro atoms. The summed E-state index contributed by atoms with van der Waals surface area (Å²) in [6.45, 7) is 0. The van der Waals surface area contributed by atoms with E-state index >= 15 is 0 Å². The summed E-state index contributed by atoms with van der Waals surface area (Å²) < 4.78 is 17.6. The topological polar surface area (TPSA) is 36.1 Å². The van der Waals surface area contributed by atoms with Crippen LogP contribution < -0.4 is 0 Å². The predicted octanol–water partition coefficient (Wildman–Crippen LogP) is 13.2. The van der Waals surface area contributed by atoms with Crippen LogP contribution in [0.5, 0.6) is 0 Å². The third-order valence-corrected chi connectivity index (χ3v) is 11.2. The molecule has 0 atom stereocenters. The molecule has 12 rings (SSSR count). The number of hydrogen-bond acceptors (Lipinski definition) is 2. The van der Waals surface area contributed by atoms with E-state index in [9.17, 15) is 0 Å². The van der Waals surface area contributed by atoms with Crippen molar-refractivity contribution in [3.8, 4) is 22.5 Å². The van der Waals surface area contributed by atoms with E-state index in [4.69, 9.17) is 8.83 Å². The fourth-order valence-electron chi connectivity index (χ4n) is 8.84. The van der Waals surface area contributed by atoms with Crippen LogP contribution in [0.3, 0.4) is 0 Å². The molecule has 0 fully saturated rings. The Balaban J connectivity index is 1.01. The van der Waals surface area contributed by atoms with E-state index < -0.39 is 0 Å². The summed E-state index contributed by atoms with van der Waals surface area (Å²) in [6, 6.07) is 52.3. The van der Waals surface area contributed by atoms with E-state index in [2.05, 4.69) is 167 Å². The lowest BCUT2D eigenvalue weighted by molar-refractivity contribution is 0.668. The largest absolute Gasteiger partial charge is 0.456 e. The van der Waals surface area contributed by atoms with Crippen molar-refractivity contribution in [2.45, 2.75) is 12.8 Å². The van der Waals surface area contributed by atoms with Gasteiger partial charge in [0, 0.05) is 60.3 Å². The van der Waals surface area contributed by atoms with E-state index in [-0.39, 0.29) is 0 Å². The average molecular weight is 667 g/mol. The number of aromatic nitrogens is 2. The van der Waals surface area contributed by atoms with Crippen molar-refractivity contribution in [1.29, 1.82) is 0 Å². The van der Waals surface area contributed by atoms with Gasteiger partial charge in [-0.3, -0.25) is 0 Å². The molecule has 4 nitrogen and oxygen atoms in total. The van der Waals surface area contributed by atoms with Crippen molar-refractivity contribution in [1.82, 2.24) is 9.13 Å². The van der Waals surface area contributed by atoms with E-state index in [1.165, 1.54) is 49.7 Å². The fourth-order valence-corrected chi connectivity index (χ4v) is 8.84. The molecule has 0 unspecified atom stereocenters. The molecule has 4 aromatic heterocycles. The van der Waals surface area contributed by atoms with Gasteiger partial charge >= 0.3 is 0 Å². The zero-order valence-electron chi connectivity index (χ0n) is 28.1. The maximum absolute atomic E-state index is 6.40. The Morgan fingerprint density at radius 2 is 0.865 bits per heavy atom. The zero-order valence-corrected chi connectivity index (χ0v) is 28.1. The summed E-state index contributed by atoms with van der Waals surface area (Å²) >= 11 is 0. The first-order valence-corrected chi connectivity index (χ1v) is 18.0. The van der Waals surface area contributed by atoms with Crippen LogP contribution in [0, 0.1) is 0 Å². The number of allylic oxidation sites excluding steroid dienone is 1. The molecule has 52 heavy (non-hydrogen) atoms. The summed E-state index contributed by atoms with van der Waals surface area (Å²) in [5.74, 6) is 0. The normalized spacial score (nSPS) is 13.2. The van der Waals surface area contributed by atoms with Gasteiger partial charge in [-0.2, -0.15) is 0 Å². The molecule has 0 saturated carbocycles. The second-order valence-electron chi connectivity index (χ2n) is 14.0. The Morgan fingerprint density at radius 1 is 0.404 bits per heavy atom. The third kappa shape index (κ3) is 3.86. The van der Waals surface area contributed by atoms with Crippen molar-refractivity contribution in [3.05, 3.63) is 163 Å². The number of benzene rings is 7. The van der Waals surface area contributed by atoms with Crippen LogP contribution in [0.4, 0.5) is 0 Å². The van der Waals surface area contributed by atoms with Gasteiger partial charge in [-0.25, -0.2) is 0 Å². The average Bonchev–Trinajstić information content (AvgIpc) is 3.94. The molecule has 4 heteroatoms. The smallest absolute Gasteiger partial charge is 0.135 e. The number of nitrogens with zero attached hydrogens (tertiary/aromatic N) is 2. The molecule has 0 radical (unpaired) electrons. The number of rotatable bonds is 3. The first-order chi connectivity index (χ1) is 25.8. The van der Waals surface area contributed by atoms with Crippen molar-refractivity contribution < 1.29 is 8.83 Å². The molecule has 0 saturated heterocycles. The number of para-hydroxylation sites is 3. The second-order valence-corrected chi connectivity index (χ2v) is 14.0. The van der Waals surface area contributed by atoms with Gasteiger partial charge in [-0.1, -0.05) is 78.9 Å². The monoisotopic (exact) mass is 666 g/mol. The minimum atomic E-state index is 0.884. The van der Waals surface area contributed by atoms with Crippen LogP contribution >= 0.6 is 0 Å². The van der Waals surface area contributed by atoms with Crippen LogP contribution in [0.15, 0.2) is 161 Å². The Morgan fingerprint density at radius 3 is 1.44 bits per heavy atom. The highest BCUT2D eigenvalue weighted by molar-refractivity contribution is 6.12. The van der Waals surface area contributed by atoms with Gasteiger partial charge in [0.2, 0.25) is 0 Å². The van der Waals surface area contributed by atoms with Crippen molar-refractivity contribution >= 4 is 82.7 Å². The minimum absolute atomic E-state index is 0.884. The fraction of sp³-hybridized carbons (Fsp3) is 0.0417. The molecule has 244 valence electrons. The molecule has 0 amide bonds. The van der Waals surface area contributed by atoms with Crippen LogP contribution in [-0.2, 0) is 6.42 Å². The lowest BCUT2D eigenvalue weighted by Gasteiger charge is -2.13. The highest BCUT2D eigenvalue weighted by atomic mass is 16.3. The molecule has 1 aliphatic rings. The first kappa shape index (κ1) is 28.0. The Kier molecular flexibility index (Phi) is 5.58. The van der Waals surface area contributed by atoms with Crippen LogP contribution in [-0.4, -0.2) is 9.13 Å². The predicted molar refractivity (Wildman–Crippen MR) is 215 cm³/mol.